The van der Waals surface area contributed by atoms with Gasteiger partial charge in [0.2, 0.25) is 0 Å². The molecule has 1 aliphatic heterocycles. The topological polar surface area (TPSA) is 18.5 Å². The SMILES string of the molecule is C1=COC(C2=CCCCC2)O1. The van der Waals surface area contributed by atoms with Crippen LogP contribution in [0.3, 0.4) is 0 Å². The van der Waals surface area contributed by atoms with E-state index in [2.05, 4.69) is 6.08 Å². The van der Waals surface area contributed by atoms with E-state index in [0.717, 1.165) is 6.42 Å². The highest BCUT2D eigenvalue weighted by Gasteiger charge is 2.19. The standard InChI is InChI=1S/C9H12O2/c1-2-4-8(5-3-1)9-10-6-7-11-9/h4,6-7,9H,1-3,5H2. The molecule has 0 saturated carbocycles. The molecular formula is C9H12O2. The van der Waals surface area contributed by atoms with Gasteiger partial charge >= 0.3 is 0 Å². The summed E-state index contributed by atoms with van der Waals surface area (Å²) in [6.07, 6.45) is 10.3. The van der Waals surface area contributed by atoms with Crippen LogP contribution in [0.4, 0.5) is 0 Å². The largest absolute Gasteiger partial charge is 0.455 e. The first kappa shape index (κ1) is 6.77. The van der Waals surface area contributed by atoms with Crippen molar-refractivity contribution in [3.05, 3.63) is 24.2 Å². The van der Waals surface area contributed by atoms with Crippen molar-refractivity contribution < 1.29 is 9.47 Å². The molecule has 2 heteroatoms. The Kier molecular flexibility index (Phi) is 1.84. The van der Waals surface area contributed by atoms with Crippen LogP contribution in [0, 0.1) is 0 Å². The van der Waals surface area contributed by atoms with Gasteiger partial charge in [0.25, 0.3) is 6.29 Å². The zero-order chi connectivity index (χ0) is 7.52. The predicted octanol–water partition coefficient (Wildman–Crippen LogP) is 2.33. The van der Waals surface area contributed by atoms with Crippen LogP contribution in [0.5, 0.6) is 0 Å². The Hall–Kier alpha value is -0.920. The van der Waals surface area contributed by atoms with Crippen molar-refractivity contribution in [2.75, 3.05) is 0 Å². The number of hydrogen-bond donors (Lipinski definition) is 0. The van der Waals surface area contributed by atoms with Crippen molar-refractivity contribution in [1.29, 1.82) is 0 Å². The first-order chi connectivity index (χ1) is 5.47. The minimum absolute atomic E-state index is 0.102. The van der Waals surface area contributed by atoms with Crippen LogP contribution in [0.25, 0.3) is 0 Å². The highest BCUT2D eigenvalue weighted by molar-refractivity contribution is 5.10. The molecule has 0 bridgehead atoms. The molecule has 0 atom stereocenters. The maximum absolute atomic E-state index is 5.22. The lowest BCUT2D eigenvalue weighted by molar-refractivity contribution is 0.00546. The van der Waals surface area contributed by atoms with Gasteiger partial charge in [-0.2, -0.15) is 0 Å². The van der Waals surface area contributed by atoms with Gasteiger partial charge in [0.15, 0.2) is 0 Å². The van der Waals surface area contributed by atoms with E-state index < -0.39 is 0 Å². The summed E-state index contributed by atoms with van der Waals surface area (Å²) in [6, 6.07) is 0. The Bertz CT molecular complexity index is 186. The van der Waals surface area contributed by atoms with Gasteiger partial charge in [0, 0.05) is 5.57 Å². The lowest BCUT2D eigenvalue weighted by atomic mass is 9.99. The van der Waals surface area contributed by atoms with Gasteiger partial charge in [-0.15, -0.1) is 0 Å². The van der Waals surface area contributed by atoms with E-state index in [1.807, 2.05) is 0 Å². The van der Waals surface area contributed by atoms with Gasteiger partial charge in [-0.05, 0) is 25.7 Å². The molecule has 1 heterocycles. The minimum atomic E-state index is -0.102. The van der Waals surface area contributed by atoms with Crippen molar-refractivity contribution in [3.63, 3.8) is 0 Å². The average Bonchev–Trinajstić information content (AvgIpc) is 2.58. The summed E-state index contributed by atoms with van der Waals surface area (Å²) in [7, 11) is 0. The lowest BCUT2D eigenvalue weighted by Crippen LogP contribution is -2.12. The average molecular weight is 152 g/mol. The molecule has 0 aromatic rings. The molecule has 0 N–H and O–H groups in total. The van der Waals surface area contributed by atoms with Crippen molar-refractivity contribution in [3.8, 4) is 0 Å². The van der Waals surface area contributed by atoms with Gasteiger partial charge in [-0.3, -0.25) is 0 Å². The zero-order valence-electron chi connectivity index (χ0n) is 6.45. The van der Waals surface area contributed by atoms with Gasteiger partial charge in [0.05, 0.1) is 0 Å². The second-order valence-electron chi connectivity index (χ2n) is 2.90. The van der Waals surface area contributed by atoms with Crippen LogP contribution < -0.4 is 0 Å². The Morgan fingerprint density at radius 1 is 1.18 bits per heavy atom. The molecule has 0 radical (unpaired) electrons. The second-order valence-corrected chi connectivity index (χ2v) is 2.90. The normalized spacial score (nSPS) is 24.2. The Morgan fingerprint density at radius 2 is 2.00 bits per heavy atom. The van der Waals surface area contributed by atoms with Crippen LogP contribution in [0.2, 0.25) is 0 Å². The summed E-state index contributed by atoms with van der Waals surface area (Å²) < 4.78 is 10.4. The van der Waals surface area contributed by atoms with Gasteiger partial charge in [-0.1, -0.05) is 6.08 Å². The molecule has 11 heavy (non-hydrogen) atoms. The van der Waals surface area contributed by atoms with Crippen molar-refractivity contribution in [2.45, 2.75) is 32.0 Å². The van der Waals surface area contributed by atoms with Crippen molar-refractivity contribution in [1.82, 2.24) is 0 Å². The van der Waals surface area contributed by atoms with E-state index in [0.29, 0.717) is 0 Å². The van der Waals surface area contributed by atoms with Crippen LogP contribution in [-0.4, -0.2) is 6.29 Å². The Balaban J connectivity index is 1.97. The van der Waals surface area contributed by atoms with E-state index in [-0.39, 0.29) is 6.29 Å². The number of allylic oxidation sites excluding steroid dienone is 1. The highest BCUT2D eigenvalue weighted by Crippen LogP contribution is 2.24. The molecule has 2 rings (SSSR count). The molecule has 0 amide bonds. The van der Waals surface area contributed by atoms with Crippen LogP contribution in [-0.2, 0) is 9.47 Å². The molecule has 0 aromatic carbocycles. The Labute approximate surface area is 66.5 Å². The zero-order valence-corrected chi connectivity index (χ0v) is 6.45. The summed E-state index contributed by atoms with van der Waals surface area (Å²) in [6.45, 7) is 0. The van der Waals surface area contributed by atoms with E-state index >= 15 is 0 Å². The van der Waals surface area contributed by atoms with E-state index in [4.69, 9.17) is 9.47 Å². The van der Waals surface area contributed by atoms with Crippen LogP contribution >= 0.6 is 0 Å². The Morgan fingerprint density at radius 3 is 2.64 bits per heavy atom. The number of rotatable bonds is 1. The molecule has 0 spiro atoms. The molecule has 2 aliphatic rings. The third-order valence-corrected chi connectivity index (χ3v) is 2.09. The third-order valence-electron chi connectivity index (χ3n) is 2.09. The van der Waals surface area contributed by atoms with E-state index in [9.17, 15) is 0 Å². The molecule has 0 unspecified atom stereocenters. The van der Waals surface area contributed by atoms with Crippen LogP contribution in [0.1, 0.15) is 25.7 Å². The van der Waals surface area contributed by atoms with Crippen molar-refractivity contribution >= 4 is 0 Å². The summed E-state index contributed by atoms with van der Waals surface area (Å²) in [5, 5.41) is 0. The van der Waals surface area contributed by atoms with Gasteiger partial charge in [0.1, 0.15) is 12.5 Å². The third kappa shape index (κ3) is 1.39. The monoisotopic (exact) mass is 152 g/mol. The lowest BCUT2D eigenvalue weighted by Gasteiger charge is -2.17. The molecule has 0 fully saturated rings. The second kappa shape index (κ2) is 2.99. The molecule has 1 aliphatic carbocycles. The number of hydrogen-bond acceptors (Lipinski definition) is 2. The quantitative estimate of drug-likeness (QED) is 0.537. The van der Waals surface area contributed by atoms with E-state index in [1.54, 1.807) is 12.5 Å². The summed E-state index contributed by atoms with van der Waals surface area (Å²) >= 11 is 0. The maximum Gasteiger partial charge on any atom is 0.262 e. The fourth-order valence-corrected chi connectivity index (χ4v) is 1.49. The first-order valence-corrected chi connectivity index (χ1v) is 4.12. The minimum Gasteiger partial charge on any atom is -0.455 e. The predicted molar refractivity (Wildman–Crippen MR) is 41.6 cm³/mol. The summed E-state index contributed by atoms with van der Waals surface area (Å²) in [5.74, 6) is 0. The smallest absolute Gasteiger partial charge is 0.262 e. The van der Waals surface area contributed by atoms with Crippen LogP contribution in [0.15, 0.2) is 24.2 Å². The summed E-state index contributed by atoms with van der Waals surface area (Å²) in [4.78, 5) is 0. The number of ether oxygens (including phenoxy) is 2. The maximum atomic E-state index is 5.22. The molecule has 0 saturated heterocycles. The van der Waals surface area contributed by atoms with E-state index in [1.165, 1.54) is 24.8 Å². The van der Waals surface area contributed by atoms with Gasteiger partial charge in [-0.25, -0.2) is 0 Å². The summed E-state index contributed by atoms with van der Waals surface area (Å²) in [5.41, 5.74) is 1.31. The highest BCUT2D eigenvalue weighted by atomic mass is 16.7. The molecule has 0 aromatic heterocycles. The van der Waals surface area contributed by atoms with Gasteiger partial charge < -0.3 is 9.47 Å². The van der Waals surface area contributed by atoms with Crippen molar-refractivity contribution in [2.24, 2.45) is 0 Å². The molecule has 60 valence electrons. The molecule has 2 nitrogen and oxygen atoms in total. The first-order valence-electron chi connectivity index (χ1n) is 4.12. The molecular weight excluding hydrogens is 140 g/mol. The fraction of sp³-hybridized carbons (Fsp3) is 0.556. The fourth-order valence-electron chi connectivity index (χ4n) is 1.49.